The summed E-state index contributed by atoms with van der Waals surface area (Å²) in [6.07, 6.45) is 1.46. The first-order valence-corrected chi connectivity index (χ1v) is 10.3. The fraction of sp³-hybridized carbons (Fsp3) is 0.120. The van der Waals surface area contributed by atoms with E-state index < -0.39 is 23.5 Å². The summed E-state index contributed by atoms with van der Waals surface area (Å²) in [5.41, 5.74) is 1.42. The molecule has 0 fully saturated rings. The molecule has 35 heavy (non-hydrogen) atoms. The molecule has 0 saturated heterocycles. The van der Waals surface area contributed by atoms with Gasteiger partial charge in [0.05, 0.1) is 36.3 Å². The van der Waals surface area contributed by atoms with E-state index in [0.717, 1.165) is 12.1 Å². The molecule has 0 radical (unpaired) electrons. The number of aliphatic hydroxyl groups excluding tert-OH is 1. The summed E-state index contributed by atoms with van der Waals surface area (Å²) in [4.78, 5) is 33.4. The first-order valence-electron chi connectivity index (χ1n) is 10.3. The third-order valence-corrected chi connectivity index (χ3v) is 5.16. The number of fused-ring (bicyclic) bond motifs is 1. The van der Waals surface area contributed by atoms with E-state index >= 15 is 0 Å². The van der Waals surface area contributed by atoms with Crippen molar-refractivity contribution in [3.05, 3.63) is 94.3 Å². The van der Waals surface area contributed by atoms with Gasteiger partial charge in [-0.15, -0.1) is 0 Å². The number of hydrogen-bond acceptors (Lipinski definition) is 7. The van der Waals surface area contributed by atoms with E-state index in [9.17, 15) is 23.5 Å². The molecule has 178 valence electrons. The average molecular weight is 479 g/mol. The zero-order valence-electron chi connectivity index (χ0n) is 18.6. The van der Waals surface area contributed by atoms with Crippen molar-refractivity contribution < 1.29 is 32.6 Å². The molecule has 0 aliphatic heterocycles. The molecule has 0 aliphatic rings. The third kappa shape index (κ3) is 4.92. The van der Waals surface area contributed by atoms with Crippen LogP contribution in [0.1, 0.15) is 32.0 Å². The Kier molecular flexibility index (Phi) is 6.65. The molecule has 4 rings (SSSR count). The predicted molar refractivity (Wildman–Crippen MR) is 122 cm³/mol. The molecule has 10 heteroatoms. The molecule has 8 nitrogen and oxygen atoms in total. The minimum absolute atomic E-state index is 0.0708. The van der Waals surface area contributed by atoms with Crippen LogP contribution < -0.4 is 10.9 Å². The maximum atomic E-state index is 14.2. The van der Waals surface area contributed by atoms with Crippen molar-refractivity contribution in [2.24, 2.45) is 4.99 Å². The average Bonchev–Trinajstić information content (AvgIpc) is 2.86. The van der Waals surface area contributed by atoms with Gasteiger partial charge in [-0.3, -0.25) is 9.78 Å². The summed E-state index contributed by atoms with van der Waals surface area (Å²) in [6.45, 7) is 1.33. The Hall–Kier alpha value is -4.44. The molecule has 2 aromatic heterocycles. The Morgan fingerprint density at radius 3 is 2.54 bits per heavy atom. The standard InChI is InChI=1S/C25H19F2N3O5/c1-13-22-18(15(12-31)11-28-13)10-19(23(32)30-21-8-5-16(26)9-20(21)27)24(35-22)29-17-6-3-14(4-7-17)25(33)34-2/h3-11,31H,12H2,1-2H3,(H,30,32). The number of nitrogens with zero attached hydrogens (tertiary/aromatic N) is 2. The summed E-state index contributed by atoms with van der Waals surface area (Å²) in [6, 6.07) is 10.3. The Morgan fingerprint density at radius 1 is 1.14 bits per heavy atom. The molecule has 0 saturated carbocycles. The van der Waals surface area contributed by atoms with E-state index in [2.05, 4.69) is 20.0 Å². The van der Waals surface area contributed by atoms with Gasteiger partial charge in [0.1, 0.15) is 17.2 Å². The van der Waals surface area contributed by atoms with Crippen molar-refractivity contribution >= 4 is 34.2 Å². The highest BCUT2D eigenvalue weighted by molar-refractivity contribution is 6.05. The molecular weight excluding hydrogens is 460 g/mol. The van der Waals surface area contributed by atoms with Crippen LogP contribution in [-0.4, -0.2) is 29.1 Å². The summed E-state index contributed by atoms with van der Waals surface area (Å²) in [7, 11) is 1.26. The van der Waals surface area contributed by atoms with E-state index in [1.807, 2.05) is 0 Å². The molecule has 2 aromatic carbocycles. The van der Waals surface area contributed by atoms with E-state index in [1.165, 1.54) is 43.6 Å². The molecule has 4 aromatic rings. The van der Waals surface area contributed by atoms with Crippen LogP contribution >= 0.6 is 0 Å². The van der Waals surface area contributed by atoms with Crippen molar-refractivity contribution in [1.82, 2.24) is 4.98 Å². The highest BCUT2D eigenvalue weighted by Crippen LogP contribution is 2.23. The number of aryl methyl sites for hydroxylation is 1. The van der Waals surface area contributed by atoms with Crippen molar-refractivity contribution in [3.8, 4) is 0 Å². The normalized spacial score (nSPS) is 11.5. The smallest absolute Gasteiger partial charge is 0.337 e. The van der Waals surface area contributed by atoms with Gasteiger partial charge in [-0.25, -0.2) is 18.6 Å². The number of amides is 1. The SMILES string of the molecule is COC(=O)c1ccc(N=c2oc3c(C)ncc(CO)c3cc2C(=O)Nc2ccc(F)cc2F)cc1. The van der Waals surface area contributed by atoms with Gasteiger partial charge in [-0.05, 0) is 49.4 Å². The van der Waals surface area contributed by atoms with Crippen LogP contribution in [0.3, 0.4) is 0 Å². The van der Waals surface area contributed by atoms with Gasteiger partial charge in [-0.2, -0.15) is 0 Å². The van der Waals surface area contributed by atoms with E-state index in [4.69, 9.17) is 4.42 Å². The molecule has 0 atom stereocenters. The number of halogens is 2. The lowest BCUT2D eigenvalue weighted by Gasteiger charge is -2.10. The maximum absolute atomic E-state index is 14.2. The monoisotopic (exact) mass is 479 g/mol. The highest BCUT2D eigenvalue weighted by atomic mass is 19.1. The number of ether oxygens (including phenoxy) is 1. The molecule has 2 heterocycles. The van der Waals surface area contributed by atoms with Gasteiger partial charge < -0.3 is 19.6 Å². The molecule has 2 N–H and O–H groups in total. The van der Waals surface area contributed by atoms with Gasteiger partial charge in [0.2, 0.25) is 5.55 Å². The topological polar surface area (TPSA) is 114 Å². The zero-order chi connectivity index (χ0) is 25.1. The van der Waals surface area contributed by atoms with Gasteiger partial charge in [-0.1, -0.05) is 0 Å². The summed E-state index contributed by atoms with van der Waals surface area (Å²) >= 11 is 0. The van der Waals surface area contributed by atoms with Crippen molar-refractivity contribution in [1.29, 1.82) is 0 Å². The molecule has 0 unspecified atom stereocenters. The number of aromatic nitrogens is 1. The van der Waals surface area contributed by atoms with Gasteiger partial charge in [0.25, 0.3) is 5.91 Å². The van der Waals surface area contributed by atoms with Crippen molar-refractivity contribution in [3.63, 3.8) is 0 Å². The molecule has 1 amide bonds. The number of benzene rings is 2. The quantitative estimate of drug-likeness (QED) is 0.415. The van der Waals surface area contributed by atoms with Crippen LogP contribution in [0.15, 0.2) is 64.1 Å². The fourth-order valence-corrected chi connectivity index (χ4v) is 3.35. The lowest BCUT2D eigenvalue weighted by atomic mass is 10.1. The summed E-state index contributed by atoms with van der Waals surface area (Å²) in [5.74, 6) is -3.04. The number of nitrogens with one attached hydrogen (secondary N) is 1. The number of methoxy groups -OCH3 is 1. The minimum atomic E-state index is -0.955. The second-order valence-corrected chi connectivity index (χ2v) is 7.46. The number of anilines is 1. The number of carbonyl (C=O) groups excluding carboxylic acids is 2. The van der Waals surface area contributed by atoms with Crippen LogP contribution in [0.2, 0.25) is 0 Å². The van der Waals surface area contributed by atoms with Crippen LogP contribution in [0, 0.1) is 18.6 Å². The van der Waals surface area contributed by atoms with E-state index in [1.54, 1.807) is 6.92 Å². The van der Waals surface area contributed by atoms with Crippen LogP contribution in [0.4, 0.5) is 20.2 Å². The van der Waals surface area contributed by atoms with Gasteiger partial charge in [0, 0.05) is 23.2 Å². The number of esters is 1. The number of rotatable bonds is 5. The van der Waals surface area contributed by atoms with E-state index in [0.29, 0.717) is 39.5 Å². The number of carbonyl (C=O) groups is 2. The predicted octanol–water partition coefficient (Wildman–Crippen LogP) is 4.18. The van der Waals surface area contributed by atoms with E-state index in [-0.39, 0.29) is 23.4 Å². The third-order valence-electron chi connectivity index (χ3n) is 5.16. The first-order chi connectivity index (χ1) is 16.8. The lowest BCUT2D eigenvalue weighted by molar-refractivity contribution is 0.0600. The van der Waals surface area contributed by atoms with Crippen LogP contribution in [-0.2, 0) is 11.3 Å². The first kappa shape index (κ1) is 23.7. The van der Waals surface area contributed by atoms with Gasteiger partial charge >= 0.3 is 5.97 Å². The van der Waals surface area contributed by atoms with Gasteiger partial charge in [0.15, 0.2) is 5.58 Å². The summed E-state index contributed by atoms with van der Waals surface area (Å²) < 4.78 is 38.0. The second-order valence-electron chi connectivity index (χ2n) is 7.46. The Labute approximate surface area is 197 Å². The molecule has 0 aliphatic carbocycles. The second kappa shape index (κ2) is 9.82. The molecular formula is C25H19F2N3O5. The van der Waals surface area contributed by atoms with Crippen molar-refractivity contribution in [2.75, 3.05) is 12.4 Å². The molecule has 0 spiro atoms. The van der Waals surface area contributed by atoms with Crippen LogP contribution in [0.5, 0.6) is 0 Å². The van der Waals surface area contributed by atoms with Crippen LogP contribution in [0.25, 0.3) is 11.0 Å². The Bertz CT molecular complexity index is 1510. The minimum Gasteiger partial charge on any atom is -0.465 e. The Balaban J connectivity index is 1.88. The number of aliphatic hydroxyl groups is 1. The van der Waals surface area contributed by atoms with Crippen molar-refractivity contribution in [2.45, 2.75) is 13.5 Å². The Morgan fingerprint density at radius 2 is 1.89 bits per heavy atom. The maximum Gasteiger partial charge on any atom is 0.337 e. The number of pyridine rings is 1. The largest absolute Gasteiger partial charge is 0.465 e. The zero-order valence-corrected chi connectivity index (χ0v) is 18.6. The fourth-order valence-electron chi connectivity index (χ4n) is 3.35. The number of hydrogen-bond donors (Lipinski definition) is 2. The lowest BCUT2D eigenvalue weighted by Crippen LogP contribution is -2.22. The highest BCUT2D eigenvalue weighted by Gasteiger charge is 2.18. The summed E-state index contributed by atoms with van der Waals surface area (Å²) in [5, 5.41) is 12.5. The molecule has 0 bridgehead atoms.